The van der Waals surface area contributed by atoms with Crippen LogP contribution in [0.3, 0.4) is 0 Å². The van der Waals surface area contributed by atoms with E-state index >= 15 is 0 Å². The van der Waals surface area contributed by atoms with Gasteiger partial charge in [-0.25, -0.2) is 4.39 Å². The van der Waals surface area contributed by atoms with Crippen molar-refractivity contribution in [2.24, 2.45) is 5.92 Å². The van der Waals surface area contributed by atoms with Crippen molar-refractivity contribution in [3.05, 3.63) is 65.0 Å². The van der Waals surface area contributed by atoms with E-state index in [1.165, 1.54) is 24.3 Å². The number of alkyl halides is 1. The average molecular weight is 432 g/mol. The summed E-state index contributed by atoms with van der Waals surface area (Å²) >= 11 is 5.79. The van der Waals surface area contributed by atoms with Gasteiger partial charge < -0.3 is 9.64 Å². The maximum Gasteiger partial charge on any atom is 0.312 e. The molecule has 7 heteroatoms. The molecule has 2 aromatic carbocycles. The minimum Gasteiger partial charge on any atom is -0.454 e. The smallest absolute Gasteiger partial charge is 0.312 e. The molecule has 0 aliphatic carbocycles. The quantitative estimate of drug-likeness (QED) is 0.374. The SMILES string of the molecule is Cc1cccc(C)c1N1C[C@H](C(=O)O[C@H](CCCl)C(=O)c2ccc(F)cc2)CC1=O. The Hall–Kier alpha value is -2.73. The third-order valence-corrected chi connectivity index (χ3v) is 5.44. The zero-order chi connectivity index (χ0) is 21.8. The molecule has 0 spiro atoms. The Balaban J connectivity index is 1.73. The van der Waals surface area contributed by atoms with Gasteiger partial charge in [0.2, 0.25) is 11.7 Å². The molecule has 1 heterocycles. The van der Waals surface area contributed by atoms with Gasteiger partial charge in [-0.05, 0) is 49.2 Å². The van der Waals surface area contributed by atoms with E-state index in [1.54, 1.807) is 4.90 Å². The molecule has 0 bridgehead atoms. The van der Waals surface area contributed by atoms with Crippen molar-refractivity contribution in [2.75, 3.05) is 17.3 Å². The van der Waals surface area contributed by atoms with Crippen LogP contribution in [0.2, 0.25) is 0 Å². The molecule has 2 aromatic rings. The van der Waals surface area contributed by atoms with Crippen molar-refractivity contribution >= 4 is 34.9 Å². The van der Waals surface area contributed by atoms with Crippen molar-refractivity contribution in [3.63, 3.8) is 0 Å². The fourth-order valence-electron chi connectivity index (χ4n) is 3.69. The number of Topliss-reactive ketones (excluding diaryl/α,β-unsaturated/α-hetero) is 1. The van der Waals surface area contributed by atoms with E-state index in [4.69, 9.17) is 16.3 Å². The normalized spacial score (nSPS) is 17.1. The Morgan fingerprint density at radius 3 is 2.40 bits per heavy atom. The van der Waals surface area contributed by atoms with Crippen LogP contribution in [0, 0.1) is 25.6 Å². The number of ketones is 1. The van der Waals surface area contributed by atoms with Crippen molar-refractivity contribution in [3.8, 4) is 0 Å². The number of hydrogen-bond donors (Lipinski definition) is 0. The van der Waals surface area contributed by atoms with Gasteiger partial charge in [0.05, 0.1) is 5.92 Å². The highest BCUT2D eigenvalue weighted by Gasteiger charge is 2.38. The molecule has 1 fully saturated rings. The molecule has 0 N–H and O–H groups in total. The van der Waals surface area contributed by atoms with Crippen molar-refractivity contribution < 1.29 is 23.5 Å². The molecule has 5 nitrogen and oxygen atoms in total. The highest BCUT2D eigenvalue weighted by atomic mass is 35.5. The van der Waals surface area contributed by atoms with E-state index in [2.05, 4.69) is 0 Å². The summed E-state index contributed by atoms with van der Waals surface area (Å²) in [5, 5.41) is 0. The molecular formula is C23H23ClFNO4. The molecular weight excluding hydrogens is 409 g/mol. The van der Waals surface area contributed by atoms with E-state index in [0.29, 0.717) is 0 Å². The predicted octanol–water partition coefficient (Wildman–Crippen LogP) is 4.22. The zero-order valence-corrected chi connectivity index (χ0v) is 17.6. The zero-order valence-electron chi connectivity index (χ0n) is 16.9. The summed E-state index contributed by atoms with van der Waals surface area (Å²) in [6.45, 7) is 4.03. The number of amides is 1. The molecule has 2 atom stereocenters. The van der Waals surface area contributed by atoms with Gasteiger partial charge in [0.1, 0.15) is 5.82 Å². The first-order valence-electron chi connectivity index (χ1n) is 9.74. The monoisotopic (exact) mass is 431 g/mol. The van der Waals surface area contributed by atoms with Gasteiger partial charge in [0, 0.05) is 36.5 Å². The minimum absolute atomic E-state index is 0.0188. The number of halogens is 2. The molecule has 0 unspecified atom stereocenters. The first kappa shape index (κ1) is 22.0. The second-order valence-electron chi connectivity index (χ2n) is 7.42. The second kappa shape index (κ2) is 9.39. The standard InChI is InChI=1S/C23H23ClFNO4/c1-14-4-3-5-15(2)21(14)26-13-17(12-20(26)27)23(29)30-19(10-11-24)22(28)16-6-8-18(25)9-7-16/h3-9,17,19H,10-13H2,1-2H3/t17-,19-/m1/s1. The molecule has 0 aromatic heterocycles. The van der Waals surface area contributed by atoms with Crippen LogP contribution in [0.4, 0.5) is 10.1 Å². The number of anilines is 1. The van der Waals surface area contributed by atoms with Crippen LogP contribution in [0.5, 0.6) is 0 Å². The minimum atomic E-state index is -1.08. The largest absolute Gasteiger partial charge is 0.454 e. The molecule has 1 amide bonds. The Morgan fingerprint density at radius 2 is 1.80 bits per heavy atom. The van der Waals surface area contributed by atoms with E-state index in [1.807, 2.05) is 32.0 Å². The lowest BCUT2D eigenvalue weighted by atomic mass is 10.0. The third-order valence-electron chi connectivity index (χ3n) is 5.22. The number of nitrogens with zero attached hydrogens (tertiary/aromatic N) is 1. The van der Waals surface area contributed by atoms with Gasteiger partial charge in [-0.2, -0.15) is 0 Å². The van der Waals surface area contributed by atoms with Gasteiger partial charge in [-0.1, -0.05) is 18.2 Å². The molecule has 0 saturated carbocycles. The van der Waals surface area contributed by atoms with Crippen molar-refractivity contribution in [1.29, 1.82) is 0 Å². The Labute approximate surface area is 179 Å². The lowest BCUT2D eigenvalue weighted by Crippen LogP contribution is -2.32. The first-order chi connectivity index (χ1) is 14.3. The summed E-state index contributed by atoms with van der Waals surface area (Å²) in [6.07, 6.45) is -0.930. The average Bonchev–Trinajstić information content (AvgIpc) is 3.09. The van der Waals surface area contributed by atoms with Gasteiger partial charge >= 0.3 is 5.97 Å². The van der Waals surface area contributed by atoms with Gasteiger partial charge in [-0.15, -0.1) is 11.6 Å². The highest BCUT2D eigenvalue weighted by Crippen LogP contribution is 2.31. The van der Waals surface area contributed by atoms with Crippen LogP contribution in [0.25, 0.3) is 0 Å². The lowest BCUT2D eigenvalue weighted by molar-refractivity contribution is -0.151. The molecule has 1 aliphatic rings. The summed E-state index contributed by atoms with van der Waals surface area (Å²) in [4.78, 5) is 39.7. The number of ether oxygens (including phenoxy) is 1. The summed E-state index contributed by atoms with van der Waals surface area (Å²) in [5.41, 5.74) is 2.93. The van der Waals surface area contributed by atoms with E-state index in [0.717, 1.165) is 16.8 Å². The van der Waals surface area contributed by atoms with Crippen LogP contribution >= 0.6 is 11.6 Å². The Kier molecular flexibility index (Phi) is 6.87. The van der Waals surface area contributed by atoms with E-state index in [-0.39, 0.29) is 36.7 Å². The lowest BCUT2D eigenvalue weighted by Gasteiger charge is -2.22. The third kappa shape index (κ3) is 4.70. The van der Waals surface area contributed by atoms with Crippen molar-refractivity contribution in [2.45, 2.75) is 32.8 Å². The number of carbonyl (C=O) groups excluding carboxylic acids is 3. The van der Waals surface area contributed by atoms with Gasteiger partial charge in [0.25, 0.3) is 0 Å². The predicted molar refractivity (Wildman–Crippen MR) is 112 cm³/mol. The molecule has 158 valence electrons. The number of aryl methyl sites for hydroxylation is 2. The number of hydrogen-bond acceptors (Lipinski definition) is 4. The van der Waals surface area contributed by atoms with Gasteiger partial charge in [0.15, 0.2) is 6.10 Å². The summed E-state index contributed by atoms with van der Waals surface area (Å²) in [6, 6.07) is 10.8. The molecule has 1 saturated heterocycles. The maximum absolute atomic E-state index is 13.1. The van der Waals surface area contributed by atoms with E-state index < -0.39 is 29.6 Å². The fraction of sp³-hybridized carbons (Fsp3) is 0.348. The summed E-state index contributed by atoms with van der Waals surface area (Å²) in [7, 11) is 0. The number of rotatable bonds is 7. The van der Waals surface area contributed by atoms with Crippen LogP contribution in [-0.4, -0.2) is 36.2 Å². The maximum atomic E-state index is 13.1. The van der Waals surface area contributed by atoms with Crippen LogP contribution in [0.1, 0.15) is 34.3 Å². The summed E-state index contributed by atoms with van der Waals surface area (Å²) < 4.78 is 18.6. The Morgan fingerprint density at radius 1 is 1.17 bits per heavy atom. The number of para-hydroxylation sites is 1. The van der Waals surface area contributed by atoms with Crippen molar-refractivity contribution in [1.82, 2.24) is 0 Å². The van der Waals surface area contributed by atoms with Crippen LogP contribution in [-0.2, 0) is 14.3 Å². The first-order valence-corrected chi connectivity index (χ1v) is 10.3. The van der Waals surface area contributed by atoms with Crippen LogP contribution < -0.4 is 4.90 Å². The fourth-order valence-corrected chi connectivity index (χ4v) is 3.89. The molecule has 1 aliphatic heterocycles. The molecule has 3 rings (SSSR count). The number of carbonyl (C=O) groups is 3. The van der Waals surface area contributed by atoms with Crippen LogP contribution in [0.15, 0.2) is 42.5 Å². The molecule has 30 heavy (non-hydrogen) atoms. The topological polar surface area (TPSA) is 63.7 Å². The highest BCUT2D eigenvalue weighted by molar-refractivity contribution is 6.18. The molecule has 0 radical (unpaired) electrons. The van der Waals surface area contributed by atoms with E-state index in [9.17, 15) is 18.8 Å². The Bertz CT molecular complexity index is 940. The summed E-state index contributed by atoms with van der Waals surface area (Å²) in [5.74, 6) is -2.23. The second-order valence-corrected chi connectivity index (χ2v) is 7.80. The number of benzene rings is 2. The number of esters is 1. The van der Waals surface area contributed by atoms with Gasteiger partial charge in [-0.3, -0.25) is 14.4 Å².